The lowest BCUT2D eigenvalue weighted by Crippen LogP contribution is -2.31. The molecule has 2 rings (SSSR count). The summed E-state index contributed by atoms with van der Waals surface area (Å²) in [6, 6.07) is 0. The van der Waals surface area contributed by atoms with E-state index >= 15 is 0 Å². The maximum Gasteiger partial charge on any atom is 0.309 e. The first-order chi connectivity index (χ1) is 20.3. The predicted octanol–water partition coefficient (Wildman–Crippen LogP) is 7.14. The summed E-state index contributed by atoms with van der Waals surface area (Å²) >= 11 is 0. The fourth-order valence-electron chi connectivity index (χ4n) is 6.78. The van der Waals surface area contributed by atoms with Crippen LogP contribution in [0.25, 0.3) is 0 Å². The largest absolute Gasteiger partial charge is 0.462 e. The highest BCUT2D eigenvalue weighted by molar-refractivity contribution is 5.74. The van der Waals surface area contributed by atoms with Crippen LogP contribution in [0.4, 0.5) is 0 Å². The van der Waals surface area contributed by atoms with Crippen LogP contribution in [0.5, 0.6) is 0 Å². The molecule has 0 radical (unpaired) electrons. The molecule has 7 heteroatoms. The molecule has 2 fully saturated rings. The summed E-state index contributed by atoms with van der Waals surface area (Å²) < 4.78 is 11.5. The molecule has 0 amide bonds. The van der Waals surface area contributed by atoms with E-state index in [4.69, 9.17) is 9.47 Å². The summed E-state index contributed by atoms with van der Waals surface area (Å²) in [5, 5.41) is 41.1. The molecular formula is C35H66O7. The van der Waals surface area contributed by atoms with Crippen molar-refractivity contribution >= 4 is 5.97 Å². The van der Waals surface area contributed by atoms with Crippen molar-refractivity contribution in [2.24, 2.45) is 5.92 Å². The number of carbonyl (C=O) groups is 1. The summed E-state index contributed by atoms with van der Waals surface area (Å²) in [4.78, 5) is 11.9. The van der Waals surface area contributed by atoms with Crippen LogP contribution in [0.1, 0.15) is 168 Å². The number of carbonyl (C=O) groups excluding carboxylic acids is 1. The van der Waals surface area contributed by atoms with E-state index in [2.05, 4.69) is 6.92 Å². The van der Waals surface area contributed by atoms with Crippen molar-refractivity contribution < 1.29 is 34.7 Å². The molecule has 0 spiro atoms. The van der Waals surface area contributed by atoms with E-state index in [1.54, 1.807) is 6.92 Å². The third-order valence-corrected chi connectivity index (χ3v) is 9.44. The maximum absolute atomic E-state index is 11.9. The summed E-state index contributed by atoms with van der Waals surface area (Å²) in [7, 11) is 0. The molecule has 0 bridgehead atoms. The van der Waals surface area contributed by atoms with Crippen molar-refractivity contribution in [1.82, 2.24) is 0 Å². The van der Waals surface area contributed by atoms with Gasteiger partial charge in [0, 0.05) is 0 Å². The van der Waals surface area contributed by atoms with Gasteiger partial charge in [0.15, 0.2) is 0 Å². The second kappa shape index (κ2) is 22.7. The zero-order valence-electron chi connectivity index (χ0n) is 27.1. The highest BCUT2D eigenvalue weighted by atomic mass is 16.6. The van der Waals surface area contributed by atoms with E-state index in [1.807, 2.05) is 0 Å². The Labute approximate surface area is 257 Å². The van der Waals surface area contributed by atoms with Gasteiger partial charge >= 0.3 is 5.97 Å². The Morgan fingerprint density at radius 1 is 0.690 bits per heavy atom. The quantitative estimate of drug-likeness (QED) is 0.0618. The molecule has 2 unspecified atom stereocenters. The number of esters is 1. The monoisotopic (exact) mass is 598 g/mol. The van der Waals surface area contributed by atoms with Crippen LogP contribution < -0.4 is 0 Å². The van der Waals surface area contributed by atoms with Gasteiger partial charge in [-0.3, -0.25) is 4.79 Å². The number of hydrogen-bond acceptors (Lipinski definition) is 7. The first-order valence-corrected chi connectivity index (χ1v) is 17.9. The minimum atomic E-state index is -0.499. The molecule has 248 valence electrons. The normalized spacial score (nSPS) is 25.4. The van der Waals surface area contributed by atoms with Crippen LogP contribution in [-0.4, -0.2) is 69.1 Å². The molecule has 2 saturated heterocycles. The SMILES string of the molecule is CCCCCCCCCCCC[C@H](O)[C@@H]1CC[C@@H]([C@@H](O)CCCC[C@@H](O)CCCCC[C@@H]2CC(CC(C)O)C(=O)O2)O1. The average Bonchev–Trinajstić information content (AvgIpc) is 3.58. The minimum absolute atomic E-state index is 0.0236. The van der Waals surface area contributed by atoms with Crippen LogP contribution >= 0.6 is 0 Å². The van der Waals surface area contributed by atoms with Crippen molar-refractivity contribution in [3.05, 3.63) is 0 Å². The van der Waals surface area contributed by atoms with Gasteiger partial charge in [-0.15, -0.1) is 0 Å². The lowest BCUT2D eigenvalue weighted by molar-refractivity contribution is -0.145. The van der Waals surface area contributed by atoms with E-state index in [0.29, 0.717) is 19.3 Å². The lowest BCUT2D eigenvalue weighted by atomic mass is 9.96. The maximum atomic E-state index is 11.9. The molecule has 0 saturated carbocycles. The van der Waals surface area contributed by atoms with Crippen LogP contribution in [0, 0.1) is 5.92 Å². The Balaban J connectivity index is 1.41. The van der Waals surface area contributed by atoms with Gasteiger partial charge in [0.1, 0.15) is 6.10 Å². The lowest BCUT2D eigenvalue weighted by Gasteiger charge is -2.22. The van der Waals surface area contributed by atoms with Crippen molar-refractivity contribution in [2.45, 2.75) is 211 Å². The summed E-state index contributed by atoms with van der Waals surface area (Å²) in [5.41, 5.74) is 0. The number of rotatable bonds is 26. The number of ether oxygens (including phenoxy) is 2. The van der Waals surface area contributed by atoms with Gasteiger partial charge in [-0.05, 0) is 71.1 Å². The zero-order valence-corrected chi connectivity index (χ0v) is 27.1. The van der Waals surface area contributed by atoms with Crippen molar-refractivity contribution in [1.29, 1.82) is 0 Å². The predicted molar refractivity (Wildman–Crippen MR) is 168 cm³/mol. The first kappa shape index (κ1) is 37.5. The van der Waals surface area contributed by atoms with Crippen molar-refractivity contribution in [2.75, 3.05) is 0 Å². The first-order valence-electron chi connectivity index (χ1n) is 17.9. The molecule has 0 aromatic rings. The highest BCUT2D eigenvalue weighted by Gasteiger charge is 2.35. The molecule has 4 N–H and O–H groups in total. The molecule has 42 heavy (non-hydrogen) atoms. The summed E-state index contributed by atoms with van der Waals surface area (Å²) in [6.45, 7) is 3.96. The molecule has 0 aromatic heterocycles. The number of aliphatic hydroxyl groups excluding tert-OH is 4. The van der Waals surface area contributed by atoms with Gasteiger partial charge in [-0.2, -0.15) is 0 Å². The topological polar surface area (TPSA) is 116 Å². The van der Waals surface area contributed by atoms with E-state index in [0.717, 1.165) is 77.0 Å². The van der Waals surface area contributed by atoms with Gasteiger partial charge < -0.3 is 29.9 Å². The van der Waals surface area contributed by atoms with Crippen molar-refractivity contribution in [3.8, 4) is 0 Å². The number of cyclic esters (lactones) is 1. The Morgan fingerprint density at radius 2 is 1.17 bits per heavy atom. The number of unbranched alkanes of at least 4 members (excludes halogenated alkanes) is 12. The Morgan fingerprint density at radius 3 is 1.74 bits per heavy atom. The fourth-order valence-corrected chi connectivity index (χ4v) is 6.78. The van der Waals surface area contributed by atoms with Crippen LogP contribution in [-0.2, 0) is 14.3 Å². The smallest absolute Gasteiger partial charge is 0.309 e. The Hall–Kier alpha value is -0.730. The van der Waals surface area contributed by atoms with Crippen molar-refractivity contribution in [3.63, 3.8) is 0 Å². The van der Waals surface area contributed by atoms with Crippen LogP contribution in [0.2, 0.25) is 0 Å². The number of hydrogen-bond donors (Lipinski definition) is 4. The Kier molecular flexibility index (Phi) is 20.3. The van der Waals surface area contributed by atoms with Crippen LogP contribution in [0.3, 0.4) is 0 Å². The fraction of sp³-hybridized carbons (Fsp3) is 0.971. The highest BCUT2D eigenvalue weighted by Crippen LogP contribution is 2.30. The summed E-state index contributed by atoms with van der Waals surface area (Å²) in [5.74, 6) is -0.333. The molecule has 0 aliphatic carbocycles. The average molecular weight is 599 g/mol. The van der Waals surface area contributed by atoms with E-state index in [9.17, 15) is 25.2 Å². The molecule has 2 aliphatic heterocycles. The minimum Gasteiger partial charge on any atom is -0.462 e. The van der Waals surface area contributed by atoms with Gasteiger partial charge in [0.25, 0.3) is 0 Å². The Bertz CT molecular complexity index is 672. The second-order valence-corrected chi connectivity index (χ2v) is 13.5. The van der Waals surface area contributed by atoms with Crippen LogP contribution in [0.15, 0.2) is 0 Å². The second-order valence-electron chi connectivity index (χ2n) is 13.5. The third-order valence-electron chi connectivity index (χ3n) is 9.44. The molecule has 7 nitrogen and oxygen atoms in total. The molecule has 2 aliphatic rings. The molecule has 2 heterocycles. The number of aliphatic hydroxyl groups is 4. The van der Waals surface area contributed by atoms with E-state index in [1.165, 1.54) is 57.8 Å². The summed E-state index contributed by atoms with van der Waals surface area (Å²) in [6.07, 6.45) is 22.2. The van der Waals surface area contributed by atoms with Gasteiger partial charge in [-0.25, -0.2) is 0 Å². The standard InChI is InChI=1S/C35H66O7/c1-3-4-5-6-7-8-9-10-11-15-21-31(38)33-23-24-34(42-33)32(39)22-17-16-19-29(37)18-13-12-14-20-30-26-28(25-27(2)36)35(40)41-30/h27-34,36-39H,3-26H2,1-2H3/t27?,28?,29-,30+,31-,32-,33-,34-/m0/s1. The van der Waals surface area contributed by atoms with Gasteiger partial charge in [0.2, 0.25) is 0 Å². The molecule has 8 atom stereocenters. The van der Waals surface area contributed by atoms with Gasteiger partial charge in [-0.1, -0.05) is 96.8 Å². The third kappa shape index (κ3) is 16.4. The molecule has 0 aromatic carbocycles. The zero-order chi connectivity index (χ0) is 30.6. The van der Waals surface area contributed by atoms with E-state index < -0.39 is 18.3 Å². The van der Waals surface area contributed by atoms with Gasteiger partial charge in [0.05, 0.1) is 42.5 Å². The molecular weight excluding hydrogens is 532 g/mol. The van der Waals surface area contributed by atoms with E-state index in [-0.39, 0.29) is 36.3 Å².